The summed E-state index contributed by atoms with van der Waals surface area (Å²) in [6.45, 7) is 25.8. The fraction of sp³-hybridized carbons (Fsp3) is 0.239. The molecule has 38 heteroatoms. The summed E-state index contributed by atoms with van der Waals surface area (Å²) in [4.78, 5) is 112. The number of amides is 3. The van der Waals surface area contributed by atoms with Crippen molar-refractivity contribution in [1.29, 1.82) is 0 Å². The Kier molecular flexibility index (Phi) is 25.0. The zero-order chi connectivity index (χ0) is 87.8. The second kappa shape index (κ2) is 37.2. The molecule has 126 heavy (non-hydrogen) atoms. The number of aromatic nitrogens is 12. The summed E-state index contributed by atoms with van der Waals surface area (Å²) < 4.78 is 103. The number of aryl methyl sites for hydroxylation is 2. The lowest BCUT2D eigenvalue weighted by molar-refractivity contribution is 0.0399. The van der Waals surface area contributed by atoms with Gasteiger partial charge in [0.25, 0.3) is 0 Å². The molecule has 15 aromatic rings. The van der Waals surface area contributed by atoms with Crippen molar-refractivity contribution in [2.45, 2.75) is 108 Å². The van der Waals surface area contributed by atoms with Crippen molar-refractivity contribution in [3.05, 3.63) is 215 Å². The molecule has 0 saturated heterocycles. The lowest BCUT2D eigenvalue weighted by Crippen LogP contribution is -2.32. The van der Waals surface area contributed by atoms with Crippen molar-refractivity contribution in [2.75, 3.05) is 44.4 Å². The Morgan fingerprint density at radius 3 is 1.18 bits per heavy atom. The maximum Gasteiger partial charge on any atom is 0.412 e. The van der Waals surface area contributed by atoms with Crippen LogP contribution in [0.25, 0.3) is 110 Å². The van der Waals surface area contributed by atoms with E-state index in [9.17, 15) is 19.2 Å². The topological polar surface area (TPSA) is 364 Å². The third-order valence-electron chi connectivity index (χ3n) is 20.3. The van der Waals surface area contributed by atoms with E-state index in [1.54, 1.807) is 79.9 Å². The average molecular weight is 1760 g/mol. The lowest BCUT2D eigenvalue weighted by atomic mass is 10.1. The van der Waals surface area contributed by atoms with Crippen molar-refractivity contribution in [2.24, 2.45) is 0 Å². The Hall–Kier alpha value is -15.2. The summed E-state index contributed by atoms with van der Waals surface area (Å²) in [6, 6.07) is 28.8. The van der Waals surface area contributed by atoms with Gasteiger partial charge in [-0.25, -0.2) is 107 Å². The molecule has 3 N–H and O–H groups in total. The molecule has 7 aromatic carbocycles. The first kappa shape index (κ1) is 84.4. The Morgan fingerprint density at radius 2 is 0.786 bits per heavy atom. The number of halogens is 3. The van der Waals surface area contributed by atoms with Gasteiger partial charge in [0.15, 0.2) is 51.8 Å². The van der Waals surface area contributed by atoms with Crippen LogP contribution < -0.4 is 44.4 Å². The van der Waals surface area contributed by atoms with E-state index in [4.69, 9.17) is 62.3 Å². The maximum absolute atomic E-state index is 15.2. The van der Waals surface area contributed by atoms with Crippen molar-refractivity contribution >= 4 is 156 Å². The van der Waals surface area contributed by atoms with E-state index in [-0.39, 0.29) is 22.9 Å². The number of methoxy groups -OCH3 is 4. The number of carbonyl (C=O) groups excluding carboxylic acids is 4. The number of anilines is 3. The average Bonchev–Trinajstić information content (AvgIpc) is 1.61. The lowest BCUT2D eigenvalue weighted by Gasteiger charge is -2.22. The minimum absolute atomic E-state index is 0.0349. The molecule has 18 rings (SSSR count). The minimum Gasteiger partial charge on any atom is -0.483 e. The van der Waals surface area contributed by atoms with Gasteiger partial charge in [0.1, 0.15) is 63.2 Å². The molecule has 8 aromatic heterocycles. The summed E-state index contributed by atoms with van der Waals surface area (Å²) in [7, 11) is 5.78. The molecule has 0 bridgehead atoms. The molecule has 634 valence electrons. The van der Waals surface area contributed by atoms with E-state index in [0.717, 1.165) is 35.1 Å². The first-order valence-electron chi connectivity index (χ1n) is 39.0. The third-order valence-corrected chi connectivity index (χ3v) is 23.5. The fourth-order valence-corrected chi connectivity index (χ4v) is 17.4. The van der Waals surface area contributed by atoms with Crippen molar-refractivity contribution in [3.8, 4) is 66.6 Å². The number of fused-ring (bicyclic) bond motifs is 6. The normalized spacial score (nSPS) is 16.3. The number of carbonyl (C=O) groups is 4. The van der Waals surface area contributed by atoms with Gasteiger partial charge in [-0.05, 0) is 138 Å². The van der Waals surface area contributed by atoms with Crippen LogP contribution in [0, 0.1) is 51.0 Å². The molecule has 3 aliphatic rings. The van der Waals surface area contributed by atoms with Crippen LogP contribution in [0.15, 0.2) is 146 Å². The largest absolute Gasteiger partial charge is 0.483 e. The number of rotatable bonds is 19. The molecule has 3 saturated carbocycles. The molecule has 0 spiro atoms. The number of hydrogen-bond acceptors (Lipinski definition) is 29. The number of esters is 1. The van der Waals surface area contributed by atoms with Gasteiger partial charge in [0, 0.05) is 58.8 Å². The number of nitrogens with zero attached hydrogens (tertiary/aromatic N) is 15. The number of pyridine rings is 1. The van der Waals surface area contributed by atoms with Crippen molar-refractivity contribution in [1.82, 2.24) is 59.8 Å². The van der Waals surface area contributed by atoms with Crippen LogP contribution in [0.5, 0.6) is 34.9 Å². The standard InChI is InChI=1S/C30H21FN6O4S.C30H26FN5O6S.C28H22FN7O4S/c1-32-16-6-4-7-17(10-16)35-30(38)41-24-9-5-8-23(24)40-25-14-26-21(13-20(25)31)37-29(42-26)19-11-18(33-2)12-22-28(19)34-15-27(36-22)39-3;1-15-9-17(27-21(10-15)35-26(39-2)14-33-27)28-36-20-11-18(31)24(12-25(20)43-28)41-22-5-4-6-23(22)42-30(38)34-16-7-8-19(32-13-16)29(37)40-3;1-14-31-11-16(12-32-14)34-28(37)40-22-6-4-5-21(22)39-23-10-24-19(9-18(23)29)36-27(41-24)17-7-15(30-2)8-20-26(17)33-13-25(35-20)38-3/h4,6-7,10-15,23-24H,5,8-9H2,3H3,(H,35,38);7-14,22-23H,4-6H2,1-3H3,(H,34,38);7-13,21-22H,4-6H2,1,3H3,(H,34,37)/t23-,24+;22-,23+;21-,22+/m101/s1. The van der Waals surface area contributed by atoms with E-state index in [2.05, 4.69) is 95.0 Å². The van der Waals surface area contributed by atoms with Crippen LogP contribution in [0.4, 0.5) is 61.7 Å². The number of benzene rings is 7. The zero-order valence-corrected chi connectivity index (χ0v) is 69.9. The van der Waals surface area contributed by atoms with Gasteiger partial charge in [-0.2, -0.15) is 0 Å². The minimum atomic E-state index is -0.706. The van der Waals surface area contributed by atoms with Gasteiger partial charge >= 0.3 is 24.2 Å². The Labute approximate surface area is 725 Å². The summed E-state index contributed by atoms with van der Waals surface area (Å²) >= 11 is 4.03. The van der Waals surface area contributed by atoms with Crippen molar-refractivity contribution in [3.63, 3.8) is 0 Å². The van der Waals surface area contributed by atoms with E-state index < -0.39 is 78.3 Å². The quantitative estimate of drug-likeness (QED) is 0.0384. The molecule has 0 unspecified atom stereocenters. The molecule has 0 aliphatic heterocycles. The third kappa shape index (κ3) is 19.0. The van der Waals surface area contributed by atoms with Crippen molar-refractivity contribution < 1.29 is 79.7 Å². The smallest absolute Gasteiger partial charge is 0.412 e. The molecule has 0 radical (unpaired) electrons. The second-order valence-corrected chi connectivity index (χ2v) is 31.8. The van der Waals surface area contributed by atoms with Gasteiger partial charge in [-0.1, -0.05) is 12.1 Å². The first-order chi connectivity index (χ1) is 61.1. The second-order valence-electron chi connectivity index (χ2n) is 28.7. The number of thiazole rings is 3. The summed E-state index contributed by atoms with van der Waals surface area (Å²) in [5, 5.41) is 9.61. The highest BCUT2D eigenvalue weighted by molar-refractivity contribution is 7.22. The molecule has 3 fully saturated rings. The highest BCUT2D eigenvalue weighted by Gasteiger charge is 2.37. The van der Waals surface area contributed by atoms with E-state index in [0.29, 0.717) is 181 Å². The fourth-order valence-electron chi connectivity index (χ4n) is 14.4. The SMILES string of the molecule is COC(=O)c1ccc(NC(=O)O[C@@H]2CCC[C@@H]2Oc2cc3sc(-c4cc(C)cc5nc(OC)cnc45)nc3cc2F)cn1.[C-]#[N+]c1cc(-c2nc3cc(F)c(O[C@@H]4CCC[C@@H]4OC(=O)Nc4cnc(C)nc4)cc3s2)c2ncc(OC)nc2c1.[C-]#[N+]c1cccc(NC(=O)O[C@H]2CCC[C@H]2Oc2cc3sc(-c4cc([N+]#[C-])cc5nc(OC)cnc45)nc3cc2F)c1. The highest BCUT2D eigenvalue weighted by Crippen LogP contribution is 2.44. The number of hydrogen-bond donors (Lipinski definition) is 3. The van der Waals surface area contributed by atoms with Crippen LogP contribution in [0.1, 0.15) is 79.7 Å². The monoisotopic (exact) mass is 1750 g/mol. The zero-order valence-electron chi connectivity index (χ0n) is 67.5. The summed E-state index contributed by atoms with van der Waals surface area (Å²) in [5.74, 6) is -0.522. The predicted octanol–water partition coefficient (Wildman–Crippen LogP) is 20.0. The Balaban J connectivity index is 0.000000139. The van der Waals surface area contributed by atoms with Crippen LogP contribution in [0.3, 0.4) is 0 Å². The van der Waals surface area contributed by atoms with Crippen LogP contribution in [-0.2, 0) is 18.9 Å². The van der Waals surface area contributed by atoms with Crippen LogP contribution in [-0.4, -0.2) is 149 Å². The molecule has 3 amide bonds. The maximum atomic E-state index is 15.2. The summed E-state index contributed by atoms with van der Waals surface area (Å²) in [6.07, 6.45) is 9.33. The predicted molar refractivity (Wildman–Crippen MR) is 463 cm³/mol. The van der Waals surface area contributed by atoms with E-state index in [1.807, 2.05) is 19.1 Å². The van der Waals surface area contributed by atoms with Gasteiger partial charge in [-0.15, -0.1) is 34.0 Å². The van der Waals surface area contributed by atoms with Crippen LogP contribution in [0.2, 0.25) is 0 Å². The summed E-state index contributed by atoms with van der Waals surface area (Å²) in [5.41, 5.74) is 10.2. The van der Waals surface area contributed by atoms with E-state index in [1.165, 1.54) is 124 Å². The molecular formula is C88H69F3N18O14S3. The van der Waals surface area contributed by atoms with Gasteiger partial charge in [0.05, 0.1) is 160 Å². The van der Waals surface area contributed by atoms with Crippen LogP contribution >= 0.6 is 34.0 Å². The van der Waals surface area contributed by atoms with Gasteiger partial charge in [-0.3, -0.25) is 16.0 Å². The van der Waals surface area contributed by atoms with E-state index >= 15 is 13.2 Å². The molecule has 3 aliphatic carbocycles. The first-order valence-corrected chi connectivity index (χ1v) is 41.4. The molecule has 8 heterocycles. The molecule has 32 nitrogen and oxygen atoms in total. The Morgan fingerprint density at radius 1 is 0.397 bits per heavy atom. The Bertz CT molecular complexity index is 6890. The van der Waals surface area contributed by atoms with Gasteiger partial charge in [0.2, 0.25) is 17.6 Å². The number of nitrogens with one attached hydrogen (secondary N) is 3. The van der Waals surface area contributed by atoms with Gasteiger partial charge < -0.3 is 47.4 Å². The molecule has 6 atom stereocenters. The number of ether oxygens (including phenoxy) is 10. The highest BCUT2D eigenvalue weighted by atomic mass is 32.1. The molecular weight excluding hydrogens is 1690 g/mol.